The molecule has 3 rings (SSSR count). The number of ether oxygens (including phenoxy) is 1. The summed E-state index contributed by atoms with van der Waals surface area (Å²) in [5.41, 5.74) is -1.57. The van der Waals surface area contributed by atoms with Crippen molar-refractivity contribution in [3.8, 4) is 16.9 Å². The number of sulfone groups is 1. The number of rotatable bonds is 5. The van der Waals surface area contributed by atoms with Crippen LogP contribution in [-0.4, -0.2) is 31.1 Å². The molecule has 0 saturated heterocycles. The zero-order chi connectivity index (χ0) is 20.9. The van der Waals surface area contributed by atoms with Crippen LogP contribution < -0.4 is 10.3 Å². The quantitative estimate of drug-likeness (QED) is 0.749. The van der Waals surface area contributed by atoms with Gasteiger partial charge in [0.1, 0.15) is 0 Å². The zero-order valence-corrected chi connectivity index (χ0v) is 16.3. The Kier molecular flexibility index (Phi) is 5.03. The summed E-state index contributed by atoms with van der Waals surface area (Å²) in [5, 5.41) is 3.88. The molecule has 0 aliphatic heterocycles. The van der Waals surface area contributed by atoms with E-state index in [1.165, 1.54) is 27.3 Å². The first-order valence-corrected chi connectivity index (χ1v) is 10.2. The second-order valence-corrected chi connectivity index (χ2v) is 8.83. The van der Waals surface area contributed by atoms with Crippen molar-refractivity contribution in [1.82, 2.24) is 9.78 Å². The first-order chi connectivity index (χ1) is 13.0. The summed E-state index contributed by atoms with van der Waals surface area (Å²) in [6.45, 7) is 1.31. The fraction of sp³-hybridized carbons (Fsp3) is 0.444. The summed E-state index contributed by atoms with van der Waals surface area (Å²) in [5.74, 6) is -0.563. The van der Waals surface area contributed by atoms with Crippen LogP contribution in [0.4, 0.5) is 13.2 Å². The highest BCUT2D eigenvalue weighted by atomic mass is 32.2. The van der Waals surface area contributed by atoms with E-state index in [-0.39, 0.29) is 34.1 Å². The number of hydrogen-bond acceptors (Lipinski definition) is 5. The molecule has 152 valence electrons. The van der Waals surface area contributed by atoms with Gasteiger partial charge in [0.05, 0.1) is 29.5 Å². The highest BCUT2D eigenvalue weighted by Crippen LogP contribution is 2.42. The van der Waals surface area contributed by atoms with E-state index in [1.54, 1.807) is 0 Å². The normalized spacial score (nSPS) is 14.9. The second-order valence-electron chi connectivity index (χ2n) is 6.86. The number of methoxy groups -OCH3 is 1. The summed E-state index contributed by atoms with van der Waals surface area (Å²) in [7, 11) is -1.52. The number of hydrogen-bond donors (Lipinski definition) is 0. The van der Waals surface area contributed by atoms with Gasteiger partial charge in [-0.25, -0.2) is 13.1 Å². The van der Waals surface area contributed by atoms with E-state index in [0.717, 1.165) is 16.8 Å². The topological polar surface area (TPSA) is 78.3 Å². The van der Waals surface area contributed by atoms with E-state index in [2.05, 4.69) is 5.10 Å². The van der Waals surface area contributed by atoms with Crippen molar-refractivity contribution in [1.29, 1.82) is 0 Å². The molecule has 1 saturated carbocycles. The molecule has 0 bridgehead atoms. The molecule has 6 nitrogen and oxygen atoms in total. The molecule has 1 heterocycles. The Morgan fingerprint density at radius 1 is 1.25 bits per heavy atom. The van der Waals surface area contributed by atoms with Crippen LogP contribution in [0.1, 0.15) is 24.0 Å². The lowest BCUT2D eigenvalue weighted by atomic mass is 9.99. The van der Waals surface area contributed by atoms with Crippen molar-refractivity contribution in [2.75, 3.05) is 12.9 Å². The smallest absolute Gasteiger partial charge is 0.417 e. The Labute approximate surface area is 159 Å². The summed E-state index contributed by atoms with van der Waals surface area (Å²) in [4.78, 5) is 11.5. The first kappa shape index (κ1) is 20.4. The van der Waals surface area contributed by atoms with Gasteiger partial charge in [0, 0.05) is 12.6 Å². The standard InChI is InChI=1S/C18H19F3N2O4S/c1-10-12(13-8-22-23(2)17(24)15(13)27-3)6-7-14(18(19,20)21)16(10)28(25,26)9-11-4-5-11/h6-8,11H,4-5,9H2,1-3H3. The fourth-order valence-electron chi connectivity index (χ4n) is 3.19. The molecule has 0 unspecified atom stereocenters. The molecule has 0 spiro atoms. The van der Waals surface area contributed by atoms with Gasteiger partial charge in [-0.3, -0.25) is 4.79 Å². The molecule has 1 aliphatic rings. The number of benzene rings is 1. The number of nitrogens with zero attached hydrogens (tertiary/aromatic N) is 2. The monoisotopic (exact) mass is 416 g/mol. The van der Waals surface area contributed by atoms with Crippen LogP contribution in [0.3, 0.4) is 0 Å². The lowest BCUT2D eigenvalue weighted by molar-refractivity contribution is -0.139. The average Bonchev–Trinajstić information content (AvgIpc) is 3.39. The van der Waals surface area contributed by atoms with Crippen LogP contribution in [0.5, 0.6) is 5.75 Å². The third-order valence-corrected chi connectivity index (χ3v) is 6.82. The number of halogens is 3. The summed E-state index contributed by atoms with van der Waals surface area (Å²) in [6, 6.07) is 1.88. The first-order valence-electron chi connectivity index (χ1n) is 8.51. The molecule has 2 aromatic rings. The van der Waals surface area contributed by atoms with Gasteiger partial charge in [-0.05, 0) is 42.9 Å². The van der Waals surface area contributed by atoms with E-state index in [9.17, 15) is 26.4 Å². The molecule has 0 N–H and O–H groups in total. The zero-order valence-electron chi connectivity index (χ0n) is 15.5. The Morgan fingerprint density at radius 3 is 2.43 bits per heavy atom. The van der Waals surface area contributed by atoms with Crippen LogP contribution in [0.2, 0.25) is 0 Å². The third-order valence-electron chi connectivity index (χ3n) is 4.76. The van der Waals surface area contributed by atoms with E-state index in [0.29, 0.717) is 12.8 Å². The van der Waals surface area contributed by atoms with Crippen LogP contribution in [0, 0.1) is 12.8 Å². The molecular weight excluding hydrogens is 397 g/mol. The Hall–Kier alpha value is -2.36. The minimum atomic E-state index is -4.83. The summed E-state index contributed by atoms with van der Waals surface area (Å²) in [6.07, 6.45) is -2.19. The van der Waals surface area contributed by atoms with Gasteiger partial charge in [-0.15, -0.1) is 0 Å². The van der Waals surface area contributed by atoms with Gasteiger partial charge in [-0.1, -0.05) is 6.07 Å². The van der Waals surface area contributed by atoms with Crippen molar-refractivity contribution in [2.45, 2.75) is 30.8 Å². The van der Waals surface area contributed by atoms with Crippen molar-refractivity contribution < 1.29 is 26.3 Å². The number of alkyl halides is 3. The third kappa shape index (κ3) is 3.65. The molecule has 28 heavy (non-hydrogen) atoms. The molecule has 1 fully saturated rings. The lowest BCUT2D eigenvalue weighted by Gasteiger charge is -2.19. The highest BCUT2D eigenvalue weighted by Gasteiger charge is 2.40. The number of aryl methyl sites for hydroxylation is 1. The lowest BCUT2D eigenvalue weighted by Crippen LogP contribution is -2.22. The minimum absolute atomic E-state index is 0.0798. The Bertz CT molecular complexity index is 1090. The average molecular weight is 416 g/mol. The number of aromatic nitrogens is 2. The van der Waals surface area contributed by atoms with Gasteiger partial charge < -0.3 is 4.74 Å². The molecular formula is C18H19F3N2O4S. The molecule has 10 heteroatoms. The predicted molar refractivity (Wildman–Crippen MR) is 96.0 cm³/mol. The molecule has 1 aliphatic carbocycles. The van der Waals surface area contributed by atoms with Crippen molar-refractivity contribution in [3.05, 3.63) is 39.8 Å². The molecule has 0 radical (unpaired) electrons. The van der Waals surface area contributed by atoms with Crippen LogP contribution in [0.15, 0.2) is 28.0 Å². The van der Waals surface area contributed by atoms with Gasteiger partial charge in [0.25, 0.3) is 0 Å². The fourth-order valence-corrected chi connectivity index (χ4v) is 5.41. The van der Waals surface area contributed by atoms with Crippen LogP contribution in [0.25, 0.3) is 11.1 Å². The highest BCUT2D eigenvalue weighted by molar-refractivity contribution is 7.91. The molecule has 0 amide bonds. The molecule has 0 atom stereocenters. The second kappa shape index (κ2) is 6.91. The Morgan fingerprint density at radius 2 is 1.89 bits per heavy atom. The maximum absolute atomic E-state index is 13.6. The van der Waals surface area contributed by atoms with Crippen molar-refractivity contribution in [3.63, 3.8) is 0 Å². The maximum atomic E-state index is 13.6. The largest absolute Gasteiger partial charge is 0.491 e. The minimum Gasteiger partial charge on any atom is -0.491 e. The molecule has 1 aromatic heterocycles. The maximum Gasteiger partial charge on any atom is 0.417 e. The van der Waals surface area contributed by atoms with Gasteiger partial charge >= 0.3 is 11.7 Å². The molecule has 1 aromatic carbocycles. The van der Waals surface area contributed by atoms with Crippen molar-refractivity contribution >= 4 is 9.84 Å². The van der Waals surface area contributed by atoms with E-state index in [1.807, 2.05) is 0 Å². The van der Waals surface area contributed by atoms with Gasteiger partial charge in [-0.2, -0.15) is 18.3 Å². The Balaban J connectivity index is 2.31. The van der Waals surface area contributed by atoms with E-state index < -0.39 is 32.0 Å². The van der Waals surface area contributed by atoms with Crippen molar-refractivity contribution in [2.24, 2.45) is 13.0 Å². The summed E-state index contributed by atoms with van der Waals surface area (Å²) < 4.78 is 72.4. The summed E-state index contributed by atoms with van der Waals surface area (Å²) >= 11 is 0. The SMILES string of the molecule is COc1c(-c2ccc(C(F)(F)F)c(S(=O)(=O)CC3CC3)c2C)cnn(C)c1=O. The van der Waals surface area contributed by atoms with Crippen LogP contribution >= 0.6 is 0 Å². The predicted octanol–water partition coefficient (Wildman–Crippen LogP) is 2.97. The van der Waals surface area contributed by atoms with E-state index in [4.69, 9.17) is 4.74 Å². The van der Waals surface area contributed by atoms with Gasteiger partial charge in [0.2, 0.25) is 0 Å². The van der Waals surface area contributed by atoms with Crippen LogP contribution in [-0.2, 0) is 23.1 Å². The van der Waals surface area contributed by atoms with E-state index >= 15 is 0 Å². The van der Waals surface area contributed by atoms with Gasteiger partial charge in [0.15, 0.2) is 15.6 Å².